The molecule has 1 heterocycles. The Labute approximate surface area is 125 Å². The third-order valence-electron chi connectivity index (χ3n) is 3.31. The monoisotopic (exact) mass is 332 g/mol. The number of fused-ring (bicyclic) bond motifs is 1. The molecule has 5 heteroatoms. The molecule has 0 bridgehead atoms. The van der Waals surface area contributed by atoms with Crippen molar-refractivity contribution >= 4 is 39.0 Å². The molecule has 0 fully saturated rings. The molecule has 0 aromatic heterocycles. The number of halogens is 1. The third-order valence-corrected chi connectivity index (χ3v) is 3.80. The Morgan fingerprint density at radius 1 is 1.25 bits per heavy atom. The summed E-state index contributed by atoms with van der Waals surface area (Å²) in [5.74, 6) is -0.906. The van der Waals surface area contributed by atoms with Crippen molar-refractivity contribution in [2.75, 3.05) is 23.3 Å². The van der Waals surface area contributed by atoms with Crippen LogP contribution in [0.2, 0.25) is 0 Å². The number of carbonyl (C=O) groups is 1. The first-order valence-corrected chi connectivity index (χ1v) is 7.09. The van der Waals surface area contributed by atoms with Gasteiger partial charge in [-0.3, -0.25) is 0 Å². The summed E-state index contributed by atoms with van der Waals surface area (Å²) >= 11 is 3.48. The van der Waals surface area contributed by atoms with Crippen LogP contribution in [0.3, 0.4) is 0 Å². The van der Waals surface area contributed by atoms with Gasteiger partial charge in [-0.25, -0.2) is 4.79 Å². The molecule has 1 aliphatic heterocycles. The Morgan fingerprint density at radius 2 is 2.10 bits per heavy atom. The van der Waals surface area contributed by atoms with E-state index in [9.17, 15) is 4.79 Å². The van der Waals surface area contributed by atoms with Crippen LogP contribution in [0.5, 0.6) is 0 Å². The highest BCUT2D eigenvalue weighted by molar-refractivity contribution is 9.10. The van der Waals surface area contributed by atoms with Crippen molar-refractivity contribution < 1.29 is 9.90 Å². The van der Waals surface area contributed by atoms with Crippen molar-refractivity contribution in [1.82, 2.24) is 0 Å². The zero-order chi connectivity index (χ0) is 14.1. The Bertz CT molecular complexity index is 673. The molecule has 0 spiro atoms. The first-order chi connectivity index (χ1) is 9.65. The first-order valence-electron chi connectivity index (χ1n) is 6.29. The lowest BCUT2D eigenvalue weighted by Gasteiger charge is -2.32. The summed E-state index contributed by atoms with van der Waals surface area (Å²) in [6, 6.07) is 13.1. The van der Waals surface area contributed by atoms with Gasteiger partial charge in [-0.15, -0.1) is 0 Å². The molecule has 0 saturated carbocycles. The van der Waals surface area contributed by atoms with E-state index in [-0.39, 0.29) is 0 Å². The zero-order valence-electron chi connectivity index (χ0n) is 10.6. The van der Waals surface area contributed by atoms with E-state index < -0.39 is 5.97 Å². The Morgan fingerprint density at radius 3 is 2.90 bits per heavy atom. The van der Waals surface area contributed by atoms with E-state index in [0.717, 1.165) is 34.6 Å². The first kappa shape index (κ1) is 13.0. The van der Waals surface area contributed by atoms with Gasteiger partial charge in [0, 0.05) is 23.2 Å². The highest BCUT2D eigenvalue weighted by Crippen LogP contribution is 2.36. The molecule has 4 nitrogen and oxygen atoms in total. The summed E-state index contributed by atoms with van der Waals surface area (Å²) in [6.07, 6.45) is 0. The van der Waals surface area contributed by atoms with Crippen LogP contribution in [0.15, 0.2) is 46.9 Å². The fourth-order valence-electron chi connectivity index (χ4n) is 2.38. The Hall–Kier alpha value is -2.01. The van der Waals surface area contributed by atoms with Crippen LogP contribution in [0.4, 0.5) is 17.1 Å². The molecule has 2 aromatic carbocycles. The maximum Gasteiger partial charge on any atom is 0.335 e. The number of carboxylic acids is 1. The minimum absolute atomic E-state index is 0.303. The number of nitrogens with one attached hydrogen (secondary N) is 1. The van der Waals surface area contributed by atoms with Crippen LogP contribution < -0.4 is 10.2 Å². The number of hydrogen-bond donors (Lipinski definition) is 2. The van der Waals surface area contributed by atoms with Crippen LogP contribution in [-0.4, -0.2) is 24.2 Å². The van der Waals surface area contributed by atoms with E-state index in [0.29, 0.717) is 5.56 Å². The molecule has 20 heavy (non-hydrogen) atoms. The Kier molecular flexibility index (Phi) is 3.36. The SMILES string of the molecule is O=C(O)c1cccc(N2CCNc3ccc(Br)cc32)c1. The quantitative estimate of drug-likeness (QED) is 0.880. The predicted molar refractivity (Wildman–Crippen MR) is 83.0 cm³/mol. The van der Waals surface area contributed by atoms with Crippen molar-refractivity contribution in [2.45, 2.75) is 0 Å². The van der Waals surface area contributed by atoms with Gasteiger partial charge in [-0.05, 0) is 36.4 Å². The summed E-state index contributed by atoms with van der Waals surface area (Å²) in [7, 11) is 0. The van der Waals surface area contributed by atoms with Crippen LogP contribution >= 0.6 is 15.9 Å². The maximum atomic E-state index is 11.1. The highest BCUT2D eigenvalue weighted by Gasteiger charge is 2.19. The maximum absolute atomic E-state index is 11.1. The lowest BCUT2D eigenvalue weighted by Crippen LogP contribution is -2.30. The predicted octanol–water partition coefficient (Wildman–Crippen LogP) is 3.71. The smallest absolute Gasteiger partial charge is 0.335 e. The summed E-state index contributed by atoms with van der Waals surface area (Å²) in [4.78, 5) is 13.2. The molecule has 0 radical (unpaired) electrons. The van der Waals surface area contributed by atoms with Crippen molar-refractivity contribution in [1.29, 1.82) is 0 Å². The van der Waals surface area contributed by atoms with E-state index >= 15 is 0 Å². The number of anilines is 3. The van der Waals surface area contributed by atoms with Crippen LogP contribution in [0.25, 0.3) is 0 Å². The van der Waals surface area contributed by atoms with Gasteiger partial charge in [0.2, 0.25) is 0 Å². The van der Waals surface area contributed by atoms with Gasteiger partial charge in [-0.2, -0.15) is 0 Å². The summed E-state index contributed by atoms with van der Waals surface area (Å²) in [5.41, 5.74) is 3.30. The van der Waals surface area contributed by atoms with E-state index in [2.05, 4.69) is 26.1 Å². The van der Waals surface area contributed by atoms with Gasteiger partial charge in [0.25, 0.3) is 0 Å². The van der Waals surface area contributed by atoms with Gasteiger partial charge >= 0.3 is 5.97 Å². The largest absolute Gasteiger partial charge is 0.478 e. The molecule has 2 aromatic rings. The number of nitrogens with zero attached hydrogens (tertiary/aromatic N) is 1. The highest BCUT2D eigenvalue weighted by atomic mass is 79.9. The van der Waals surface area contributed by atoms with Gasteiger partial charge < -0.3 is 15.3 Å². The fourth-order valence-corrected chi connectivity index (χ4v) is 2.72. The molecular formula is C15H13BrN2O2. The van der Waals surface area contributed by atoms with Gasteiger partial charge in [0.05, 0.1) is 16.9 Å². The molecule has 1 aliphatic rings. The second kappa shape index (κ2) is 5.17. The number of aromatic carboxylic acids is 1. The molecular weight excluding hydrogens is 320 g/mol. The summed E-state index contributed by atoms with van der Waals surface area (Å²) < 4.78 is 0.999. The average molecular weight is 333 g/mol. The normalized spacial score (nSPS) is 13.6. The van der Waals surface area contributed by atoms with Crippen molar-refractivity contribution in [2.24, 2.45) is 0 Å². The van der Waals surface area contributed by atoms with E-state index in [1.165, 1.54) is 0 Å². The zero-order valence-corrected chi connectivity index (χ0v) is 12.2. The van der Waals surface area contributed by atoms with Crippen molar-refractivity contribution in [3.63, 3.8) is 0 Å². The molecule has 0 unspecified atom stereocenters. The second-order valence-electron chi connectivity index (χ2n) is 4.60. The standard InChI is InChI=1S/C15H13BrN2O2/c16-11-4-5-13-14(9-11)18(7-6-17-13)12-3-1-2-10(8-12)15(19)20/h1-5,8-9,17H,6-7H2,(H,19,20). The van der Waals surface area contributed by atoms with Gasteiger partial charge in [0.1, 0.15) is 0 Å². The van der Waals surface area contributed by atoms with Crippen LogP contribution in [0, 0.1) is 0 Å². The van der Waals surface area contributed by atoms with E-state index in [1.54, 1.807) is 18.2 Å². The molecule has 0 amide bonds. The minimum atomic E-state index is -0.906. The lowest BCUT2D eigenvalue weighted by molar-refractivity contribution is 0.0697. The van der Waals surface area contributed by atoms with Crippen LogP contribution in [-0.2, 0) is 0 Å². The van der Waals surface area contributed by atoms with Gasteiger partial charge in [0.15, 0.2) is 0 Å². The number of benzene rings is 2. The molecule has 2 N–H and O–H groups in total. The number of hydrogen-bond acceptors (Lipinski definition) is 3. The molecule has 3 rings (SSSR count). The number of rotatable bonds is 2. The Balaban J connectivity index is 2.06. The summed E-state index contributed by atoms with van der Waals surface area (Å²) in [6.45, 7) is 1.62. The van der Waals surface area contributed by atoms with Crippen molar-refractivity contribution in [3.8, 4) is 0 Å². The topological polar surface area (TPSA) is 52.6 Å². The van der Waals surface area contributed by atoms with E-state index in [1.807, 2.05) is 24.3 Å². The van der Waals surface area contributed by atoms with E-state index in [4.69, 9.17) is 5.11 Å². The molecule has 102 valence electrons. The lowest BCUT2D eigenvalue weighted by atomic mass is 10.1. The fraction of sp³-hybridized carbons (Fsp3) is 0.133. The molecule has 0 saturated heterocycles. The third kappa shape index (κ3) is 2.36. The molecule has 0 aliphatic carbocycles. The van der Waals surface area contributed by atoms with Gasteiger partial charge in [-0.1, -0.05) is 22.0 Å². The molecule has 0 atom stereocenters. The van der Waals surface area contributed by atoms with Crippen molar-refractivity contribution in [3.05, 3.63) is 52.5 Å². The minimum Gasteiger partial charge on any atom is -0.478 e. The second-order valence-corrected chi connectivity index (χ2v) is 5.51. The summed E-state index contributed by atoms with van der Waals surface area (Å²) in [5, 5.41) is 12.5. The average Bonchev–Trinajstić information content (AvgIpc) is 2.46. The number of carboxylic acid groups (broad SMARTS) is 1. The van der Waals surface area contributed by atoms with Crippen LogP contribution in [0.1, 0.15) is 10.4 Å².